The molecular weight excluding hydrogens is 356 g/mol. The zero-order chi connectivity index (χ0) is 20.6. The molecule has 4 rings (SSSR count). The van der Waals surface area contributed by atoms with Crippen molar-refractivity contribution in [1.82, 2.24) is 0 Å². The molecule has 0 spiro atoms. The quantitative estimate of drug-likeness (QED) is 0.550. The fourth-order valence-electron chi connectivity index (χ4n) is 6.59. The lowest BCUT2D eigenvalue weighted by atomic mass is 9.61. The zero-order valence-electron chi connectivity index (χ0n) is 18.4. The molecule has 0 aromatic heterocycles. The van der Waals surface area contributed by atoms with Crippen LogP contribution in [-0.2, 0) is 0 Å². The highest BCUT2D eigenvalue weighted by molar-refractivity contribution is 5.37. The number of hydrogen-bond acceptors (Lipinski definition) is 2. The predicted octanol–water partition coefficient (Wildman–Crippen LogP) is 6.12. The van der Waals surface area contributed by atoms with Gasteiger partial charge >= 0.3 is 0 Å². The molecule has 4 saturated carbocycles. The van der Waals surface area contributed by atoms with Crippen LogP contribution in [0.1, 0.15) is 78.1 Å². The van der Waals surface area contributed by atoms with Gasteiger partial charge < -0.3 is 10.2 Å². The number of rotatable bonds is 5. The summed E-state index contributed by atoms with van der Waals surface area (Å²) in [4.78, 5) is 0. The Labute approximate surface area is 177 Å². The molecule has 0 aromatic carbocycles. The van der Waals surface area contributed by atoms with Crippen molar-refractivity contribution in [3.05, 3.63) is 47.6 Å². The fraction of sp³-hybridized carbons (Fsp3) is 0.704. The number of fused-ring (bicyclic) bond motifs is 1. The smallest absolute Gasteiger partial charge is 0.0787 e. The Hall–Kier alpha value is -1.12. The first-order chi connectivity index (χ1) is 13.9. The van der Waals surface area contributed by atoms with Crippen LogP contribution < -0.4 is 0 Å². The minimum absolute atomic E-state index is 0.227. The zero-order valence-corrected chi connectivity index (χ0v) is 18.4. The van der Waals surface area contributed by atoms with Gasteiger partial charge in [0.15, 0.2) is 0 Å². The maximum absolute atomic E-state index is 10.2. The van der Waals surface area contributed by atoms with Crippen LogP contribution >= 0.6 is 0 Å². The summed E-state index contributed by atoms with van der Waals surface area (Å²) in [6, 6.07) is 0. The average Bonchev–Trinajstić information content (AvgIpc) is 3.48. The molecule has 0 aromatic rings. The SMILES string of the molecule is C=C1/C(=C\C=C2/CCCC3(C)C2CCC3C(C)/C=C/C(O)C2CC2)CCCC1O. The Balaban J connectivity index is 1.47. The van der Waals surface area contributed by atoms with Crippen molar-refractivity contribution >= 4 is 0 Å². The number of allylic oxidation sites excluding steroid dienone is 4. The standard InChI is InChI=1S/C27H40O2/c1-18(9-16-26(29)22-12-13-22)23-14-15-24-21(7-5-17-27(23,24)3)11-10-20-6-4-8-25(28)19(20)2/h9-11,16,18,22-26,28-29H,2,4-8,12-15,17H2,1,3H3/b16-9+,20-10-,21-11+. The van der Waals surface area contributed by atoms with E-state index in [-0.39, 0.29) is 12.2 Å². The molecule has 4 fully saturated rings. The molecular formula is C27H40O2. The summed E-state index contributed by atoms with van der Waals surface area (Å²) in [5, 5.41) is 20.3. The molecule has 29 heavy (non-hydrogen) atoms. The largest absolute Gasteiger partial charge is 0.389 e. The van der Waals surface area contributed by atoms with E-state index in [1.54, 1.807) is 5.57 Å². The average molecular weight is 397 g/mol. The summed E-state index contributed by atoms with van der Waals surface area (Å²) in [6.07, 6.45) is 20.3. The van der Waals surface area contributed by atoms with Gasteiger partial charge in [0.05, 0.1) is 12.2 Å². The van der Waals surface area contributed by atoms with Crippen LogP contribution in [0.15, 0.2) is 47.6 Å². The molecule has 4 aliphatic carbocycles. The van der Waals surface area contributed by atoms with Crippen LogP contribution in [0.25, 0.3) is 0 Å². The van der Waals surface area contributed by atoms with E-state index < -0.39 is 0 Å². The summed E-state index contributed by atoms with van der Waals surface area (Å²) in [5.74, 6) is 2.45. The fourth-order valence-corrected chi connectivity index (χ4v) is 6.59. The van der Waals surface area contributed by atoms with Crippen molar-refractivity contribution in [3.63, 3.8) is 0 Å². The third-order valence-corrected chi connectivity index (χ3v) is 8.63. The van der Waals surface area contributed by atoms with Crippen molar-refractivity contribution in [2.75, 3.05) is 0 Å². The molecule has 0 saturated heterocycles. The van der Waals surface area contributed by atoms with Gasteiger partial charge in [0.25, 0.3) is 0 Å². The molecule has 2 nitrogen and oxygen atoms in total. The topological polar surface area (TPSA) is 40.5 Å². The summed E-state index contributed by atoms with van der Waals surface area (Å²) in [6.45, 7) is 9.02. The highest BCUT2D eigenvalue weighted by Crippen LogP contribution is 2.59. The molecule has 4 aliphatic rings. The second-order valence-electron chi connectivity index (χ2n) is 10.5. The number of aliphatic hydroxyl groups excluding tert-OH is 2. The highest BCUT2D eigenvalue weighted by atomic mass is 16.3. The number of aliphatic hydroxyl groups is 2. The first kappa shape index (κ1) is 21.1. The minimum Gasteiger partial charge on any atom is -0.389 e. The summed E-state index contributed by atoms with van der Waals surface area (Å²) in [5.41, 5.74) is 4.18. The van der Waals surface area contributed by atoms with E-state index in [1.807, 2.05) is 0 Å². The van der Waals surface area contributed by atoms with Gasteiger partial charge in [-0.1, -0.05) is 50.3 Å². The monoisotopic (exact) mass is 396 g/mol. The molecule has 2 N–H and O–H groups in total. The van der Waals surface area contributed by atoms with Crippen molar-refractivity contribution in [2.45, 2.75) is 90.3 Å². The summed E-state index contributed by atoms with van der Waals surface area (Å²) in [7, 11) is 0. The van der Waals surface area contributed by atoms with E-state index in [2.05, 4.69) is 44.7 Å². The molecule has 0 radical (unpaired) electrons. The maximum Gasteiger partial charge on any atom is 0.0787 e. The van der Waals surface area contributed by atoms with Gasteiger partial charge in [0.1, 0.15) is 0 Å². The number of hydrogen-bond donors (Lipinski definition) is 2. The molecule has 6 atom stereocenters. The molecule has 0 amide bonds. The van der Waals surface area contributed by atoms with Gasteiger partial charge in [-0.25, -0.2) is 0 Å². The minimum atomic E-state index is -0.348. The van der Waals surface area contributed by atoms with Gasteiger partial charge in [0, 0.05) is 0 Å². The third-order valence-electron chi connectivity index (χ3n) is 8.63. The van der Waals surface area contributed by atoms with E-state index in [0.717, 1.165) is 24.8 Å². The summed E-state index contributed by atoms with van der Waals surface area (Å²) < 4.78 is 0. The Morgan fingerprint density at radius 1 is 1.03 bits per heavy atom. The van der Waals surface area contributed by atoms with Crippen molar-refractivity contribution in [2.24, 2.45) is 29.1 Å². The lowest BCUT2D eigenvalue weighted by molar-refractivity contribution is 0.111. The van der Waals surface area contributed by atoms with Crippen LogP contribution in [-0.4, -0.2) is 22.4 Å². The lowest BCUT2D eigenvalue weighted by Gasteiger charge is -2.44. The molecule has 2 heteroatoms. The van der Waals surface area contributed by atoms with Crippen LogP contribution in [0.3, 0.4) is 0 Å². The Kier molecular flexibility index (Phi) is 6.23. The molecule has 0 bridgehead atoms. The maximum atomic E-state index is 10.2. The first-order valence-electron chi connectivity index (χ1n) is 12.0. The first-order valence-corrected chi connectivity index (χ1v) is 12.0. The predicted molar refractivity (Wildman–Crippen MR) is 120 cm³/mol. The van der Waals surface area contributed by atoms with E-state index in [0.29, 0.717) is 29.1 Å². The summed E-state index contributed by atoms with van der Waals surface area (Å²) >= 11 is 0. The lowest BCUT2D eigenvalue weighted by Crippen LogP contribution is -2.35. The molecule has 0 aliphatic heterocycles. The van der Waals surface area contributed by atoms with Gasteiger partial charge in [-0.3, -0.25) is 0 Å². The normalized spacial score (nSPS) is 40.6. The van der Waals surface area contributed by atoms with Crippen LogP contribution in [0.4, 0.5) is 0 Å². The van der Waals surface area contributed by atoms with E-state index in [1.165, 1.54) is 50.5 Å². The van der Waals surface area contributed by atoms with Crippen LogP contribution in [0.2, 0.25) is 0 Å². The van der Waals surface area contributed by atoms with E-state index >= 15 is 0 Å². The third kappa shape index (κ3) is 4.35. The van der Waals surface area contributed by atoms with Crippen molar-refractivity contribution in [1.29, 1.82) is 0 Å². The van der Waals surface area contributed by atoms with E-state index in [9.17, 15) is 10.2 Å². The van der Waals surface area contributed by atoms with E-state index in [4.69, 9.17) is 0 Å². The second-order valence-corrected chi connectivity index (χ2v) is 10.5. The van der Waals surface area contributed by atoms with Crippen LogP contribution in [0.5, 0.6) is 0 Å². The van der Waals surface area contributed by atoms with Gasteiger partial charge in [-0.2, -0.15) is 0 Å². The highest BCUT2D eigenvalue weighted by Gasteiger charge is 2.50. The second kappa shape index (κ2) is 8.55. The Morgan fingerprint density at radius 3 is 2.59 bits per heavy atom. The van der Waals surface area contributed by atoms with Crippen molar-refractivity contribution in [3.8, 4) is 0 Å². The molecule has 0 heterocycles. The van der Waals surface area contributed by atoms with Gasteiger partial charge in [-0.05, 0) is 104 Å². The van der Waals surface area contributed by atoms with Gasteiger partial charge in [-0.15, -0.1) is 0 Å². The molecule has 160 valence electrons. The molecule has 6 unspecified atom stereocenters. The van der Waals surface area contributed by atoms with Gasteiger partial charge in [0.2, 0.25) is 0 Å². The van der Waals surface area contributed by atoms with Crippen molar-refractivity contribution < 1.29 is 10.2 Å². The Bertz CT molecular complexity index is 710. The van der Waals surface area contributed by atoms with Crippen LogP contribution in [0, 0.1) is 29.1 Å². The Morgan fingerprint density at radius 2 is 1.83 bits per heavy atom.